The van der Waals surface area contributed by atoms with Gasteiger partial charge >= 0.3 is 0 Å². The number of rotatable bonds is 6. The molecule has 20 heavy (non-hydrogen) atoms. The molecular weight excluding hydrogens is 249 g/mol. The molecule has 0 saturated heterocycles. The highest BCUT2D eigenvalue weighted by Gasteiger charge is 2.13. The third-order valence-electron chi connectivity index (χ3n) is 3.73. The lowest BCUT2D eigenvalue weighted by atomic mass is 9.90. The Bertz CT molecular complexity index is 503. The van der Waals surface area contributed by atoms with Crippen LogP contribution in [0, 0.1) is 18.7 Å². The molecule has 0 aliphatic rings. The zero-order valence-corrected chi connectivity index (χ0v) is 12.2. The summed E-state index contributed by atoms with van der Waals surface area (Å²) in [6.07, 6.45) is 1.74. The topological polar surface area (TPSA) is 12.0 Å². The smallest absolute Gasteiger partial charge is 0.126 e. The Morgan fingerprint density at radius 3 is 2.20 bits per heavy atom. The number of benzene rings is 2. The van der Waals surface area contributed by atoms with E-state index in [1.807, 2.05) is 19.2 Å². The fraction of sp³-hybridized carbons (Fsp3) is 0.333. The first-order valence-electron chi connectivity index (χ1n) is 7.13. The fourth-order valence-corrected chi connectivity index (χ4v) is 2.63. The molecule has 0 heterocycles. The quantitative estimate of drug-likeness (QED) is 0.843. The Balaban J connectivity index is 2.12. The first kappa shape index (κ1) is 14.7. The van der Waals surface area contributed by atoms with E-state index in [1.54, 1.807) is 12.1 Å². The Labute approximate surface area is 120 Å². The van der Waals surface area contributed by atoms with E-state index in [1.165, 1.54) is 11.1 Å². The molecule has 0 saturated carbocycles. The Kier molecular flexibility index (Phi) is 5.31. The van der Waals surface area contributed by atoms with Crippen molar-refractivity contribution in [2.24, 2.45) is 5.92 Å². The summed E-state index contributed by atoms with van der Waals surface area (Å²) in [5.41, 5.74) is 3.47. The van der Waals surface area contributed by atoms with E-state index in [-0.39, 0.29) is 5.82 Å². The molecule has 2 aromatic rings. The van der Waals surface area contributed by atoms with Crippen molar-refractivity contribution in [3.05, 3.63) is 71.0 Å². The molecule has 0 radical (unpaired) electrons. The molecule has 2 aromatic carbocycles. The number of halogens is 1. The summed E-state index contributed by atoms with van der Waals surface area (Å²) >= 11 is 0. The second-order valence-electron chi connectivity index (χ2n) is 5.35. The van der Waals surface area contributed by atoms with E-state index in [4.69, 9.17) is 0 Å². The lowest BCUT2D eigenvalue weighted by Crippen LogP contribution is -2.23. The van der Waals surface area contributed by atoms with Crippen LogP contribution in [-0.2, 0) is 12.8 Å². The molecule has 0 bridgehead atoms. The lowest BCUT2D eigenvalue weighted by Gasteiger charge is -2.18. The number of hydrogen-bond acceptors (Lipinski definition) is 1. The highest BCUT2D eigenvalue weighted by Crippen LogP contribution is 2.18. The van der Waals surface area contributed by atoms with Gasteiger partial charge in [-0.05, 0) is 62.0 Å². The molecule has 0 aromatic heterocycles. The van der Waals surface area contributed by atoms with Gasteiger partial charge in [0.15, 0.2) is 0 Å². The normalized spacial score (nSPS) is 12.3. The predicted molar refractivity (Wildman–Crippen MR) is 82.4 cm³/mol. The van der Waals surface area contributed by atoms with Crippen molar-refractivity contribution in [3.63, 3.8) is 0 Å². The van der Waals surface area contributed by atoms with E-state index in [0.717, 1.165) is 24.9 Å². The minimum atomic E-state index is -0.0987. The summed E-state index contributed by atoms with van der Waals surface area (Å²) in [5.74, 6) is 0.302. The third-order valence-corrected chi connectivity index (χ3v) is 3.73. The molecule has 0 aliphatic carbocycles. The first-order chi connectivity index (χ1) is 9.70. The van der Waals surface area contributed by atoms with Crippen molar-refractivity contribution in [2.75, 3.05) is 13.6 Å². The van der Waals surface area contributed by atoms with Crippen LogP contribution in [0.15, 0.2) is 48.5 Å². The summed E-state index contributed by atoms with van der Waals surface area (Å²) in [5, 5.41) is 3.22. The van der Waals surface area contributed by atoms with Crippen LogP contribution in [0.4, 0.5) is 4.39 Å². The highest BCUT2D eigenvalue weighted by atomic mass is 19.1. The van der Waals surface area contributed by atoms with Crippen molar-refractivity contribution >= 4 is 0 Å². The molecule has 106 valence electrons. The van der Waals surface area contributed by atoms with Gasteiger partial charge in [-0.2, -0.15) is 0 Å². The lowest BCUT2D eigenvalue weighted by molar-refractivity contribution is 0.479. The monoisotopic (exact) mass is 271 g/mol. The van der Waals surface area contributed by atoms with Crippen LogP contribution in [0.5, 0.6) is 0 Å². The summed E-state index contributed by atoms with van der Waals surface area (Å²) in [6.45, 7) is 3.03. The van der Waals surface area contributed by atoms with E-state index in [0.29, 0.717) is 5.92 Å². The minimum Gasteiger partial charge on any atom is -0.319 e. The van der Waals surface area contributed by atoms with Crippen LogP contribution >= 0.6 is 0 Å². The van der Waals surface area contributed by atoms with E-state index in [2.05, 4.69) is 36.5 Å². The van der Waals surface area contributed by atoms with Crippen molar-refractivity contribution in [1.29, 1.82) is 0 Å². The molecule has 0 amide bonds. The van der Waals surface area contributed by atoms with Crippen LogP contribution in [0.3, 0.4) is 0 Å². The first-order valence-corrected chi connectivity index (χ1v) is 7.13. The maximum Gasteiger partial charge on any atom is 0.126 e. The van der Waals surface area contributed by atoms with Crippen LogP contribution in [-0.4, -0.2) is 13.6 Å². The maximum atomic E-state index is 13.8. The Morgan fingerprint density at radius 2 is 1.55 bits per heavy atom. The van der Waals surface area contributed by atoms with Crippen molar-refractivity contribution in [3.8, 4) is 0 Å². The molecular formula is C18H22FN. The fourth-order valence-electron chi connectivity index (χ4n) is 2.63. The number of hydrogen-bond donors (Lipinski definition) is 1. The maximum absolute atomic E-state index is 13.8. The standard InChI is InChI=1S/C18H22FN/c1-14-7-3-4-8-16(14)11-15(13-20-2)12-17-9-5-6-10-18(17)19/h3-10,15,20H,11-13H2,1-2H3. The van der Waals surface area contributed by atoms with Gasteiger partial charge in [0, 0.05) is 0 Å². The molecule has 1 nitrogen and oxygen atoms in total. The van der Waals surface area contributed by atoms with Crippen LogP contribution < -0.4 is 5.32 Å². The third kappa shape index (κ3) is 3.91. The van der Waals surface area contributed by atoms with Gasteiger partial charge in [-0.3, -0.25) is 0 Å². The average Bonchev–Trinajstić information content (AvgIpc) is 2.44. The number of aryl methyl sites for hydroxylation is 1. The Morgan fingerprint density at radius 1 is 0.950 bits per heavy atom. The molecule has 1 N–H and O–H groups in total. The zero-order valence-electron chi connectivity index (χ0n) is 12.2. The van der Waals surface area contributed by atoms with Gasteiger partial charge in [-0.1, -0.05) is 42.5 Å². The van der Waals surface area contributed by atoms with Gasteiger partial charge in [0.25, 0.3) is 0 Å². The van der Waals surface area contributed by atoms with Gasteiger partial charge in [0.2, 0.25) is 0 Å². The van der Waals surface area contributed by atoms with Crippen molar-refractivity contribution in [2.45, 2.75) is 19.8 Å². The van der Waals surface area contributed by atoms with Gasteiger partial charge in [0.1, 0.15) is 5.82 Å². The van der Waals surface area contributed by atoms with Crippen molar-refractivity contribution < 1.29 is 4.39 Å². The summed E-state index contributed by atoms with van der Waals surface area (Å²) in [7, 11) is 1.95. The predicted octanol–water partition coefficient (Wildman–Crippen LogP) is 3.75. The summed E-state index contributed by atoms with van der Waals surface area (Å²) in [4.78, 5) is 0. The zero-order chi connectivity index (χ0) is 14.4. The van der Waals surface area contributed by atoms with Crippen LogP contribution in [0.1, 0.15) is 16.7 Å². The second kappa shape index (κ2) is 7.20. The molecule has 0 aliphatic heterocycles. The SMILES string of the molecule is CNCC(Cc1ccccc1C)Cc1ccccc1F. The molecule has 0 spiro atoms. The second-order valence-corrected chi connectivity index (χ2v) is 5.35. The average molecular weight is 271 g/mol. The summed E-state index contributed by atoms with van der Waals surface area (Å²) < 4.78 is 13.8. The van der Waals surface area contributed by atoms with Crippen LogP contribution in [0.2, 0.25) is 0 Å². The van der Waals surface area contributed by atoms with E-state index >= 15 is 0 Å². The van der Waals surface area contributed by atoms with Gasteiger partial charge in [-0.25, -0.2) is 4.39 Å². The van der Waals surface area contributed by atoms with E-state index < -0.39 is 0 Å². The number of nitrogens with one attached hydrogen (secondary N) is 1. The largest absolute Gasteiger partial charge is 0.319 e. The molecule has 1 unspecified atom stereocenters. The minimum absolute atomic E-state index is 0.0987. The molecule has 2 rings (SSSR count). The molecule has 2 heteroatoms. The molecule has 1 atom stereocenters. The van der Waals surface area contributed by atoms with Gasteiger partial charge in [-0.15, -0.1) is 0 Å². The van der Waals surface area contributed by atoms with Gasteiger partial charge < -0.3 is 5.32 Å². The highest BCUT2D eigenvalue weighted by molar-refractivity contribution is 5.26. The Hall–Kier alpha value is -1.67. The summed E-state index contributed by atoms with van der Waals surface area (Å²) in [6, 6.07) is 15.5. The van der Waals surface area contributed by atoms with E-state index in [9.17, 15) is 4.39 Å². The van der Waals surface area contributed by atoms with Crippen molar-refractivity contribution in [1.82, 2.24) is 5.32 Å². The van der Waals surface area contributed by atoms with Crippen LogP contribution in [0.25, 0.3) is 0 Å². The molecule has 0 fully saturated rings. The van der Waals surface area contributed by atoms with Gasteiger partial charge in [0.05, 0.1) is 0 Å².